The van der Waals surface area contributed by atoms with Gasteiger partial charge in [-0.05, 0) is 62.7 Å². The summed E-state index contributed by atoms with van der Waals surface area (Å²) in [4.78, 5) is 16.5. The molecule has 0 saturated heterocycles. The molecule has 0 bridgehead atoms. The minimum atomic E-state index is -0.0514. The lowest BCUT2D eigenvalue weighted by atomic mass is 10.2. The highest BCUT2D eigenvalue weighted by atomic mass is 35.5. The average Bonchev–Trinajstić information content (AvgIpc) is 3.38. The van der Waals surface area contributed by atoms with Crippen molar-refractivity contribution in [3.63, 3.8) is 0 Å². The number of carbonyl (C=O) groups is 1. The second kappa shape index (κ2) is 10.6. The molecule has 0 unspecified atom stereocenters. The molecule has 0 spiro atoms. The Balaban J connectivity index is 1.40. The third-order valence-electron chi connectivity index (χ3n) is 4.96. The first kappa shape index (κ1) is 23.0. The number of amides is 1. The predicted octanol–water partition coefficient (Wildman–Crippen LogP) is 4.09. The number of carbonyl (C=O) groups excluding carboxylic acids is 1. The number of hydrogen-bond donors (Lipinski definition) is 1. The third kappa shape index (κ3) is 5.80. The number of aromatic nitrogens is 6. The van der Waals surface area contributed by atoms with Gasteiger partial charge in [-0.25, -0.2) is 0 Å². The Morgan fingerprint density at radius 1 is 1.09 bits per heavy atom. The van der Waals surface area contributed by atoms with Crippen LogP contribution in [0.2, 0.25) is 5.02 Å². The zero-order valence-corrected chi connectivity index (χ0v) is 20.0. The van der Waals surface area contributed by atoms with Gasteiger partial charge in [-0.2, -0.15) is 5.10 Å². The van der Waals surface area contributed by atoms with Crippen LogP contribution in [-0.2, 0) is 11.3 Å². The van der Waals surface area contributed by atoms with E-state index in [1.54, 1.807) is 12.4 Å². The number of nitrogens with one attached hydrogen (secondary N) is 1. The molecule has 3 aromatic heterocycles. The molecule has 8 nitrogen and oxygen atoms in total. The fraction of sp³-hybridized carbons (Fsp3) is 0.261. The van der Waals surface area contributed by atoms with Crippen molar-refractivity contribution in [2.45, 2.75) is 32.0 Å². The average molecular weight is 482 g/mol. The second-order valence-corrected chi connectivity index (χ2v) is 8.88. The Kier molecular flexibility index (Phi) is 7.41. The van der Waals surface area contributed by atoms with Crippen LogP contribution in [-0.4, -0.2) is 47.7 Å². The van der Waals surface area contributed by atoms with E-state index in [9.17, 15) is 4.79 Å². The normalized spacial score (nSPS) is 11.0. The lowest BCUT2D eigenvalue weighted by Crippen LogP contribution is -2.27. The van der Waals surface area contributed by atoms with E-state index in [-0.39, 0.29) is 11.7 Å². The lowest BCUT2D eigenvalue weighted by molar-refractivity contribution is -0.118. The van der Waals surface area contributed by atoms with E-state index in [1.165, 1.54) is 11.8 Å². The van der Waals surface area contributed by atoms with Gasteiger partial charge in [-0.1, -0.05) is 23.4 Å². The summed E-state index contributed by atoms with van der Waals surface area (Å²) >= 11 is 7.41. The number of benzene rings is 1. The van der Waals surface area contributed by atoms with E-state index in [1.807, 2.05) is 65.6 Å². The predicted molar refractivity (Wildman–Crippen MR) is 130 cm³/mol. The molecule has 4 rings (SSSR count). The Morgan fingerprint density at radius 3 is 2.55 bits per heavy atom. The fourth-order valence-corrected chi connectivity index (χ4v) is 4.32. The molecule has 0 radical (unpaired) electrons. The van der Waals surface area contributed by atoms with Crippen molar-refractivity contribution in [2.24, 2.45) is 0 Å². The molecule has 0 aliphatic heterocycles. The van der Waals surface area contributed by atoms with Crippen molar-refractivity contribution >= 4 is 29.3 Å². The molecule has 33 heavy (non-hydrogen) atoms. The van der Waals surface area contributed by atoms with Crippen molar-refractivity contribution in [1.29, 1.82) is 0 Å². The Morgan fingerprint density at radius 2 is 1.85 bits per heavy atom. The molecule has 0 atom stereocenters. The molecule has 1 aromatic carbocycles. The van der Waals surface area contributed by atoms with Crippen molar-refractivity contribution in [1.82, 2.24) is 34.8 Å². The quantitative estimate of drug-likeness (QED) is 0.286. The maximum atomic E-state index is 12.4. The summed E-state index contributed by atoms with van der Waals surface area (Å²) in [6.07, 6.45) is 4.23. The van der Waals surface area contributed by atoms with Gasteiger partial charge in [0.2, 0.25) is 5.91 Å². The molecular formula is C23H24ClN7OS. The van der Waals surface area contributed by atoms with Gasteiger partial charge in [0.05, 0.1) is 11.4 Å². The van der Waals surface area contributed by atoms with E-state index in [0.717, 1.165) is 35.6 Å². The Hall–Kier alpha value is -3.17. The van der Waals surface area contributed by atoms with Gasteiger partial charge < -0.3 is 5.32 Å². The number of pyridine rings is 1. The maximum Gasteiger partial charge on any atom is 0.230 e. The molecular weight excluding hydrogens is 458 g/mol. The third-order valence-corrected chi connectivity index (χ3v) is 6.14. The van der Waals surface area contributed by atoms with E-state index in [4.69, 9.17) is 11.6 Å². The summed E-state index contributed by atoms with van der Waals surface area (Å²) in [6, 6.07) is 13.2. The fourth-order valence-electron chi connectivity index (χ4n) is 3.41. The monoisotopic (exact) mass is 481 g/mol. The largest absolute Gasteiger partial charge is 0.355 e. The van der Waals surface area contributed by atoms with Crippen LogP contribution in [0.3, 0.4) is 0 Å². The number of thioether (sulfide) groups is 1. The van der Waals surface area contributed by atoms with Gasteiger partial charge in [0.25, 0.3) is 0 Å². The molecule has 10 heteroatoms. The molecule has 4 aromatic rings. The van der Waals surface area contributed by atoms with Crippen molar-refractivity contribution in [2.75, 3.05) is 12.3 Å². The highest BCUT2D eigenvalue weighted by Gasteiger charge is 2.17. The van der Waals surface area contributed by atoms with Crippen LogP contribution in [0.5, 0.6) is 0 Å². The highest BCUT2D eigenvalue weighted by molar-refractivity contribution is 7.99. The first-order valence-corrected chi connectivity index (χ1v) is 11.9. The molecule has 1 amide bonds. The summed E-state index contributed by atoms with van der Waals surface area (Å²) in [5.41, 5.74) is 3.88. The van der Waals surface area contributed by atoms with Crippen molar-refractivity contribution < 1.29 is 4.79 Å². The summed E-state index contributed by atoms with van der Waals surface area (Å²) in [5.74, 6) is 0.860. The van der Waals surface area contributed by atoms with Gasteiger partial charge >= 0.3 is 0 Å². The Labute approximate surface area is 201 Å². The molecule has 0 aliphatic rings. The van der Waals surface area contributed by atoms with Gasteiger partial charge in [0, 0.05) is 47.5 Å². The molecule has 1 N–H and O–H groups in total. The second-order valence-electron chi connectivity index (χ2n) is 7.50. The molecule has 0 aliphatic carbocycles. The summed E-state index contributed by atoms with van der Waals surface area (Å²) in [5, 5.41) is 17.4. The van der Waals surface area contributed by atoms with E-state index >= 15 is 0 Å². The summed E-state index contributed by atoms with van der Waals surface area (Å²) in [7, 11) is 0. The van der Waals surface area contributed by atoms with E-state index in [0.29, 0.717) is 22.5 Å². The zero-order valence-electron chi connectivity index (χ0n) is 18.4. The van der Waals surface area contributed by atoms with Crippen LogP contribution in [0.4, 0.5) is 0 Å². The lowest BCUT2D eigenvalue weighted by Gasteiger charge is -2.11. The standard InChI is InChI=1S/C23H24ClN7OS/c1-16-14-17(2)30(29-16)13-3-10-26-21(32)15-33-23-28-27-22(18-8-11-25-12-9-18)31(23)20-6-4-19(24)5-7-20/h4-9,11-12,14H,3,10,13,15H2,1-2H3,(H,26,32). The Bertz CT molecular complexity index is 1220. The summed E-state index contributed by atoms with van der Waals surface area (Å²) in [6.45, 7) is 5.37. The van der Waals surface area contributed by atoms with Crippen molar-refractivity contribution in [3.8, 4) is 17.1 Å². The van der Waals surface area contributed by atoms with Crippen LogP contribution in [0.1, 0.15) is 17.8 Å². The SMILES string of the molecule is Cc1cc(C)n(CCCNC(=O)CSc2nnc(-c3ccncc3)n2-c2ccc(Cl)cc2)n1. The maximum absolute atomic E-state index is 12.4. The molecule has 170 valence electrons. The smallest absolute Gasteiger partial charge is 0.230 e. The minimum Gasteiger partial charge on any atom is -0.355 e. The molecule has 3 heterocycles. The van der Waals surface area contributed by atoms with Gasteiger partial charge in [-0.3, -0.25) is 19.0 Å². The van der Waals surface area contributed by atoms with Crippen molar-refractivity contribution in [3.05, 3.63) is 71.3 Å². The van der Waals surface area contributed by atoms with Crippen LogP contribution in [0.15, 0.2) is 60.0 Å². The summed E-state index contributed by atoms with van der Waals surface area (Å²) < 4.78 is 3.89. The first-order chi connectivity index (χ1) is 16.0. The molecule has 0 fully saturated rings. The highest BCUT2D eigenvalue weighted by Crippen LogP contribution is 2.28. The van der Waals surface area contributed by atoms with E-state index in [2.05, 4.69) is 25.6 Å². The molecule has 0 saturated carbocycles. The number of hydrogen-bond acceptors (Lipinski definition) is 6. The van der Waals surface area contributed by atoms with Gasteiger partial charge in [-0.15, -0.1) is 10.2 Å². The van der Waals surface area contributed by atoms with Gasteiger partial charge in [0.1, 0.15) is 0 Å². The minimum absolute atomic E-state index is 0.0514. The number of aryl methyl sites for hydroxylation is 3. The van der Waals surface area contributed by atoms with Crippen LogP contribution in [0, 0.1) is 13.8 Å². The van der Waals surface area contributed by atoms with E-state index < -0.39 is 0 Å². The van der Waals surface area contributed by atoms with Crippen LogP contribution in [0.25, 0.3) is 17.1 Å². The number of rotatable bonds is 9. The zero-order chi connectivity index (χ0) is 23.2. The topological polar surface area (TPSA) is 90.5 Å². The number of nitrogens with zero attached hydrogens (tertiary/aromatic N) is 6. The van der Waals surface area contributed by atoms with Gasteiger partial charge in [0.15, 0.2) is 11.0 Å². The van der Waals surface area contributed by atoms with Crippen LogP contribution >= 0.6 is 23.4 Å². The first-order valence-electron chi connectivity index (χ1n) is 10.5. The van der Waals surface area contributed by atoms with Crippen LogP contribution < -0.4 is 5.32 Å². The number of halogens is 1.